The largest absolute Gasteiger partial charge is 0.481 e. The Morgan fingerprint density at radius 1 is 1.45 bits per heavy atom. The van der Waals surface area contributed by atoms with Crippen molar-refractivity contribution in [1.82, 2.24) is 14.7 Å². The molecule has 1 saturated heterocycles. The maximum Gasteiger partial charge on any atom is 0.305 e. The molecule has 1 atom stereocenters. The lowest BCUT2D eigenvalue weighted by Gasteiger charge is -2.34. The number of nitrogens with zero attached hydrogens (tertiary/aromatic N) is 3. The number of ether oxygens (including phenoxy) is 1. The van der Waals surface area contributed by atoms with Gasteiger partial charge in [0.25, 0.3) is 5.91 Å². The second-order valence-corrected chi connectivity index (χ2v) is 4.99. The van der Waals surface area contributed by atoms with Crippen LogP contribution >= 0.6 is 0 Å². The number of morpholine rings is 1. The molecule has 1 fully saturated rings. The van der Waals surface area contributed by atoms with Gasteiger partial charge >= 0.3 is 5.97 Å². The van der Waals surface area contributed by atoms with Gasteiger partial charge < -0.3 is 14.7 Å². The molecule has 1 aromatic heterocycles. The lowest BCUT2D eigenvalue weighted by atomic mass is 10.1. The Morgan fingerprint density at radius 3 is 2.70 bits per heavy atom. The van der Waals surface area contributed by atoms with E-state index in [4.69, 9.17) is 9.84 Å². The molecule has 1 aliphatic heterocycles. The summed E-state index contributed by atoms with van der Waals surface area (Å²) in [5, 5.41) is 13.2. The van der Waals surface area contributed by atoms with Crippen molar-refractivity contribution in [2.45, 2.75) is 26.3 Å². The molecule has 1 aliphatic rings. The first kappa shape index (κ1) is 14.5. The zero-order valence-electron chi connectivity index (χ0n) is 11.9. The van der Waals surface area contributed by atoms with Gasteiger partial charge in [0.2, 0.25) is 0 Å². The minimum absolute atomic E-state index is 0.107. The number of carbonyl (C=O) groups excluding carboxylic acids is 1. The van der Waals surface area contributed by atoms with E-state index in [1.165, 1.54) is 0 Å². The van der Waals surface area contributed by atoms with E-state index < -0.39 is 12.0 Å². The average Bonchev–Trinajstić information content (AvgIpc) is 2.62. The highest BCUT2D eigenvalue weighted by Crippen LogP contribution is 2.19. The number of aliphatic carboxylic acids is 1. The molecule has 0 saturated carbocycles. The first-order chi connectivity index (χ1) is 9.41. The maximum absolute atomic E-state index is 12.7. The van der Waals surface area contributed by atoms with E-state index in [0.717, 1.165) is 5.69 Å². The van der Waals surface area contributed by atoms with Crippen LogP contribution in [-0.4, -0.2) is 57.5 Å². The second kappa shape index (κ2) is 5.62. The zero-order chi connectivity index (χ0) is 14.9. The number of carboxylic acids is 1. The van der Waals surface area contributed by atoms with Crippen molar-refractivity contribution >= 4 is 11.9 Å². The summed E-state index contributed by atoms with van der Waals surface area (Å²) in [6.45, 7) is 4.72. The third kappa shape index (κ3) is 2.67. The van der Waals surface area contributed by atoms with Gasteiger partial charge in [-0.25, -0.2) is 0 Å². The van der Waals surface area contributed by atoms with Crippen LogP contribution in [-0.2, 0) is 16.6 Å². The molecule has 20 heavy (non-hydrogen) atoms. The number of aryl methyl sites for hydroxylation is 2. The van der Waals surface area contributed by atoms with Crippen LogP contribution in [0.4, 0.5) is 0 Å². The summed E-state index contributed by atoms with van der Waals surface area (Å²) in [5.74, 6) is -1.10. The fourth-order valence-corrected chi connectivity index (χ4v) is 2.52. The number of aromatic nitrogens is 2. The highest BCUT2D eigenvalue weighted by Gasteiger charge is 2.32. The van der Waals surface area contributed by atoms with Gasteiger partial charge in [0.05, 0.1) is 36.9 Å². The molecule has 2 heterocycles. The van der Waals surface area contributed by atoms with E-state index in [1.807, 2.05) is 6.92 Å². The van der Waals surface area contributed by atoms with Crippen LogP contribution in [0.1, 0.15) is 28.2 Å². The number of amides is 1. The Hall–Kier alpha value is -1.89. The van der Waals surface area contributed by atoms with E-state index in [1.54, 1.807) is 23.6 Å². The number of rotatable bonds is 3. The monoisotopic (exact) mass is 281 g/mol. The van der Waals surface area contributed by atoms with Crippen LogP contribution < -0.4 is 0 Å². The normalized spacial score (nSPS) is 19.1. The van der Waals surface area contributed by atoms with E-state index in [-0.39, 0.29) is 18.9 Å². The molecular weight excluding hydrogens is 262 g/mol. The first-order valence-electron chi connectivity index (χ1n) is 6.52. The molecule has 1 aromatic rings. The van der Waals surface area contributed by atoms with Gasteiger partial charge in [0.1, 0.15) is 0 Å². The fraction of sp³-hybridized carbons (Fsp3) is 0.615. The van der Waals surface area contributed by atoms with Crippen molar-refractivity contribution in [3.8, 4) is 0 Å². The third-order valence-electron chi connectivity index (χ3n) is 3.62. The molecule has 0 unspecified atom stereocenters. The summed E-state index contributed by atoms with van der Waals surface area (Å²) in [6.07, 6.45) is -0.107. The SMILES string of the molecule is Cc1nn(C)c(C)c1C(=O)N1CCOC[C@H]1CC(=O)O. The molecular formula is C13H19N3O4. The minimum Gasteiger partial charge on any atom is -0.481 e. The van der Waals surface area contributed by atoms with Gasteiger partial charge in [-0.3, -0.25) is 14.3 Å². The molecule has 0 spiro atoms. The van der Waals surface area contributed by atoms with Crippen molar-refractivity contribution in [3.63, 3.8) is 0 Å². The number of carbonyl (C=O) groups is 2. The summed E-state index contributed by atoms with van der Waals surface area (Å²) < 4.78 is 6.95. The summed E-state index contributed by atoms with van der Waals surface area (Å²) in [6, 6.07) is -0.423. The molecule has 110 valence electrons. The third-order valence-corrected chi connectivity index (χ3v) is 3.62. The van der Waals surface area contributed by atoms with E-state index >= 15 is 0 Å². The lowest BCUT2D eigenvalue weighted by Crippen LogP contribution is -2.49. The quantitative estimate of drug-likeness (QED) is 0.864. The molecule has 0 radical (unpaired) electrons. The molecule has 1 N–H and O–H groups in total. The molecule has 7 nitrogen and oxygen atoms in total. The van der Waals surface area contributed by atoms with Gasteiger partial charge in [-0.15, -0.1) is 0 Å². The fourth-order valence-electron chi connectivity index (χ4n) is 2.52. The minimum atomic E-state index is -0.932. The van der Waals surface area contributed by atoms with Crippen LogP contribution in [0.3, 0.4) is 0 Å². The molecule has 2 rings (SSSR count). The summed E-state index contributed by atoms with van der Waals surface area (Å²) in [5.41, 5.74) is 2.01. The Bertz CT molecular complexity index is 538. The van der Waals surface area contributed by atoms with Crippen LogP contribution in [0.15, 0.2) is 0 Å². The average molecular weight is 281 g/mol. The summed E-state index contributed by atoms with van der Waals surface area (Å²) >= 11 is 0. The predicted octanol–water partition coefficient (Wildman–Crippen LogP) is 0.353. The number of hydrogen-bond acceptors (Lipinski definition) is 4. The first-order valence-corrected chi connectivity index (χ1v) is 6.52. The Labute approximate surface area is 117 Å². The van der Waals surface area contributed by atoms with Crippen molar-refractivity contribution in [3.05, 3.63) is 17.0 Å². The number of carboxylic acid groups (broad SMARTS) is 1. The van der Waals surface area contributed by atoms with Crippen molar-refractivity contribution in [2.24, 2.45) is 7.05 Å². The number of hydrogen-bond donors (Lipinski definition) is 1. The lowest BCUT2D eigenvalue weighted by molar-refractivity contribution is -0.139. The highest BCUT2D eigenvalue weighted by molar-refractivity contribution is 5.96. The smallest absolute Gasteiger partial charge is 0.305 e. The predicted molar refractivity (Wildman–Crippen MR) is 70.6 cm³/mol. The molecule has 0 aromatic carbocycles. The molecule has 0 aliphatic carbocycles. The van der Waals surface area contributed by atoms with Crippen LogP contribution in [0.5, 0.6) is 0 Å². The Balaban J connectivity index is 2.27. The van der Waals surface area contributed by atoms with Gasteiger partial charge in [0.15, 0.2) is 0 Å². The topological polar surface area (TPSA) is 84.7 Å². The van der Waals surface area contributed by atoms with E-state index in [9.17, 15) is 9.59 Å². The van der Waals surface area contributed by atoms with Crippen LogP contribution in [0.25, 0.3) is 0 Å². The molecule has 0 bridgehead atoms. The summed E-state index contributed by atoms with van der Waals surface area (Å²) in [4.78, 5) is 25.2. The van der Waals surface area contributed by atoms with Gasteiger partial charge in [0, 0.05) is 19.3 Å². The van der Waals surface area contributed by atoms with Gasteiger partial charge in [-0.05, 0) is 13.8 Å². The van der Waals surface area contributed by atoms with Gasteiger partial charge in [-0.2, -0.15) is 5.10 Å². The standard InChI is InChI=1S/C13H19N3O4/c1-8-12(9(2)15(3)14-8)13(19)16-4-5-20-7-10(16)6-11(17)18/h10H,4-7H2,1-3H3,(H,17,18)/t10-/m1/s1. The van der Waals surface area contributed by atoms with E-state index in [0.29, 0.717) is 24.4 Å². The van der Waals surface area contributed by atoms with E-state index in [2.05, 4.69) is 5.10 Å². The molecule has 1 amide bonds. The van der Waals surface area contributed by atoms with Crippen molar-refractivity contribution < 1.29 is 19.4 Å². The van der Waals surface area contributed by atoms with Crippen LogP contribution in [0.2, 0.25) is 0 Å². The second-order valence-electron chi connectivity index (χ2n) is 4.99. The molecule has 7 heteroatoms. The van der Waals surface area contributed by atoms with Crippen molar-refractivity contribution in [2.75, 3.05) is 19.8 Å². The Kier molecular flexibility index (Phi) is 4.08. The van der Waals surface area contributed by atoms with Crippen molar-refractivity contribution in [1.29, 1.82) is 0 Å². The summed E-state index contributed by atoms with van der Waals surface area (Å²) in [7, 11) is 1.78. The van der Waals surface area contributed by atoms with Crippen LogP contribution in [0, 0.1) is 13.8 Å². The highest BCUT2D eigenvalue weighted by atomic mass is 16.5. The maximum atomic E-state index is 12.7. The van der Waals surface area contributed by atoms with Gasteiger partial charge in [-0.1, -0.05) is 0 Å². The Morgan fingerprint density at radius 2 is 2.15 bits per heavy atom. The zero-order valence-corrected chi connectivity index (χ0v) is 11.9.